The number of hydrogen-bond acceptors (Lipinski definition) is 4. The summed E-state index contributed by atoms with van der Waals surface area (Å²) in [5.74, 6) is 3.95. The highest BCUT2D eigenvalue weighted by molar-refractivity contribution is 5.87. The standard InChI is InChI=1S/C27H34FN3O/c1-19(2)30-13-3-4-21(16-30)17-31-18-22-15-25(32-24-9-7-23(28)8-10-24)11-12-26(22)29-27(31)14-20-5-6-20/h7-12,15,19-21H,3-6,13-14,16-18H2,1-2H3/t21-/m0/s1. The fourth-order valence-electron chi connectivity index (χ4n) is 4.96. The van der Waals surface area contributed by atoms with Crippen LogP contribution < -0.4 is 4.74 Å². The van der Waals surface area contributed by atoms with E-state index in [4.69, 9.17) is 9.73 Å². The second-order valence-electron chi connectivity index (χ2n) is 10.00. The molecule has 2 fully saturated rings. The van der Waals surface area contributed by atoms with Crippen LogP contribution in [0.25, 0.3) is 0 Å². The van der Waals surface area contributed by atoms with Crippen molar-refractivity contribution in [3.05, 3.63) is 53.8 Å². The zero-order chi connectivity index (χ0) is 22.1. The summed E-state index contributed by atoms with van der Waals surface area (Å²) in [6.07, 6.45) is 6.38. The van der Waals surface area contributed by atoms with Crippen molar-refractivity contribution < 1.29 is 9.13 Å². The molecule has 2 aromatic carbocycles. The van der Waals surface area contributed by atoms with Gasteiger partial charge in [0.15, 0.2) is 0 Å². The van der Waals surface area contributed by atoms with Gasteiger partial charge >= 0.3 is 0 Å². The first kappa shape index (κ1) is 21.4. The fraction of sp³-hybridized carbons (Fsp3) is 0.519. The molecule has 1 saturated carbocycles. The monoisotopic (exact) mass is 435 g/mol. The average molecular weight is 436 g/mol. The lowest BCUT2D eigenvalue weighted by atomic mass is 9.95. The number of hydrogen-bond donors (Lipinski definition) is 0. The van der Waals surface area contributed by atoms with Crippen LogP contribution in [0.2, 0.25) is 0 Å². The van der Waals surface area contributed by atoms with Gasteiger partial charge in [-0.25, -0.2) is 9.38 Å². The Morgan fingerprint density at radius 3 is 2.56 bits per heavy atom. The van der Waals surface area contributed by atoms with Gasteiger partial charge in [-0.05, 0) is 100 Å². The van der Waals surface area contributed by atoms with Crippen molar-refractivity contribution in [2.45, 2.75) is 58.5 Å². The van der Waals surface area contributed by atoms with Crippen LogP contribution in [-0.4, -0.2) is 41.3 Å². The Labute approximate surface area is 191 Å². The summed E-state index contributed by atoms with van der Waals surface area (Å²) in [5.41, 5.74) is 2.27. The zero-order valence-electron chi connectivity index (χ0n) is 19.3. The van der Waals surface area contributed by atoms with Crippen molar-refractivity contribution in [1.82, 2.24) is 9.80 Å². The Kier molecular flexibility index (Phi) is 6.18. The maximum atomic E-state index is 13.2. The molecule has 0 amide bonds. The number of nitrogens with zero attached hydrogens (tertiary/aromatic N) is 3. The molecular weight excluding hydrogens is 401 g/mol. The fourth-order valence-corrected chi connectivity index (χ4v) is 4.96. The minimum Gasteiger partial charge on any atom is -0.457 e. The van der Waals surface area contributed by atoms with E-state index in [0.717, 1.165) is 36.9 Å². The third kappa shape index (κ3) is 5.15. The molecule has 2 aromatic rings. The number of halogens is 1. The number of fused-ring (bicyclic) bond motifs is 1. The van der Waals surface area contributed by atoms with E-state index in [9.17, 15) is 4.39 Å². The first-order valence-electron chi connectivity index (χ1n) is 12.2. The highest BCUT2D eigenvalue weighted by Gasteiger charge is 2.31. The van der Waals surface area contributed by atoms with Crippen molar-refractivity contribution in [2.75, 3.05) is 19.6 Å². The van der Waals surface area contributed by atoms with Gasteiger partial charge in [0.1, 0.15) is 23.2 Å². The Morgan fingerprint density at radius 1 is 1.03 bits per heavy atom. The third-order valence-corrected chi connectivity index (χ3v) is 7.00. The van der Waals surface area contributed by atoms with Crippen molar-refractivity contribution in [2.24, 2.45) is 16.8 Å². The quantitative estimate of drug-likeness (QED) is 0.505. The Hall–Kier alpha value is -2.40. The molecule has 2 heterocycles. The van der Waals surface area contributed by atoms with Gasteiger partial charge in [0, 0.05) is 37.7 Å². The third-order valence-electron chi connectivity index (χ3n) is 7.00. The largest absolute Gasteiger partial charge is 0.457 e. The lowest BCUT2D eigenvalue weighted by Gasteiger charge is -2.39. The van der Waals surface area contributed by atoms with E-state index >= 15 is 0 Å². The summed E-state index contributed by atoms with van der Waals surface area (Å²) in [6.45, 7) is 9.00. The molecule has 0 radical (unpaired) electrons. The van der Waals surface area contributed by atoms with Crippen LogP contribution in [0.1, 0.15) is 51.5 Å². The van der Waals surface area contributed by atoms with Crippen LogP contribution in [0.15, 0.2) is 47.5 Å². The number of benzene rings is 2. The molecule has 0 spiro atoms. The minimum atomic E-state index is -0.255. The molecule has 3 aliphatic rings. The molecule has 170 valence electrons. The van der Waals surface area contributed by atoms with Gasteiger partial charge < -0.3 is 14.5 Å². The topological polar surface area (TPSA) is 28.1 Å². The molecule has 1 aliphatic carbocycles. The van der Waals surface area contributed by atoms with Crippen LogP contribution in [-0.2, 0) is 6.54 Å². The molecule has 1 atom stereocenters. The van der Waals surface area contributed by atoms with Gasteiger partial charge in [0.2, 0.25) is 0 Å². The van der Waals surface area contributed by atoms with Crippen LogP contribution in [0, 0.1) is 17.7 Å². The number of amidine groups is 1. The van der Waals surface area contributed by atoms with Crippen LogP contribution in [0.4, 0.5) is 10.1 Å². The molecule has 0 aromatic heterocycles. The molecule has 2 aliphatic heterocycles. The molecular formula is C27H34FN3O. The Morgan fingerprint density at radius 2 is 1.81 bits per heavy atom. The highest BCUT2D eigenvalue weighted by atomic mass is 19.1. The van der Waals surface area contributed by atoms with Crippen molar-refractivity contribution in [1.29, 1.82) is 0 Å². The SMILES string of the molecule is CC(C)N1CCC[C@H](CN2Cc3cc(Oc4ccc(F)cc4)ccc3N=C2CC2CC2)C1. The first-order valence-corrected chi connectivity index (χ1v) is 12.2. The number of likely N-dealkylation sites (tertiary alicyclic amines) is 1. The zero-order valence-corrected chi connectivity index (χ0v) is 19.3. The molecule has 32 heavy (non-hydrogen) atoms. The van der Waals surface area contributed by atoms with E-state index < -0.39 is 0 Å². The summed E-state index contributed by atoms with van der Waals surface area (Å²) in [6, 6.07) is 12.9. The number of aliphatic imine (C=N–C) groups is 1. The van der Waals surface area contributed by atoms with E-state index in [2.05, 4.69) is 35.8 Å². The number of piperidine rings is 1. The maximum absolute atomic E-state index is 13.2. The van der Waals surface area contributed by atoms with Crippen molar-refractivity contribution in [3.8, 4) is 11.5 Å². The Balaban J connectivity index is 1.33. The average Bonchev–Trinajstić information content (AvgIpc) is 3.60. The lowest BCUT2D eigenvalue weighted by molar-refractivity contribution is 0.124. The molecule has 4 nitrogen and oxygen atoms in total. The minimum absolute atomic E-state index is 0.255. The van der Waals surface area contributed by atoms with Crippen molar-refractivity contribution >= 4 is 11.5 Å². The van der Waals surface area contributed by atoms with Crippen molar-refractivity contribution in [3.63, 3.8) is 0 Å². The Bertz CT molecular complexity index is 967. The van der Waals surface area contributed by atoms with E-state index in [-0.39, 0.29) is 5.82 Å². The lowest BCUT2D eigenvalue weighted by Crippen LogP contribution is -2.45. The van der Waals surface area contributed by atoms with Crippen LogP contribution in [0.3, 0.4) is 0 Å². The van der Waals surface area contributed by atoms with E-state index in [1.807, 2.05) is 6.07 Å². The summed E-state index contributed by atoms with van der Waals surface area (Å²) in [7, 11) is 0. The molecule has 5 rings (SSSR count). The predicted octanol–water partition coefficient (Wildman–Crippen LogP) is 6.38. The summed E-state index contributed by atoms with van der Waals surface area (Å²) in [4.78, 5) is 10.3. The smallest absolute Gasteiger partial charge is 0.127 e. The van der Waals surface area contributed by atoms with Gasteiger partial charge in [-0.1, -0.05) is 0 Å². The molecule has 0 bridgehead atoms. The summed E-state index contributed by atoms with van der Waals surface area (Å²) >= 11 is 0. The normalized spacial score (nSPS) is 21.4. The summed E-state index contributed by atoms with van der Waals surface area (Å²) < 4.78 is 19.2. The van der Waals surface area contributed by atoms with Gasteiger partial charge in [-0.2, -0.15) is 0 Å². The second kappa shape index (κ2) is 9.22. The second-order valence-corrected chi connectivity index (χ2v) is 10.00. The highest BCUT2D eigenvalue weighted by Crippen LogP contribution is 2.38. The number of rotatable bonds is 7. The first-order chi connectivity index (χ1) is 15.5. The molecule has 0 N–H and O–H groups in total. The maximum Gasteiger partial charge on any atom is 0.127 e. The van der Waals surface area contributed by atoms with Gasteiger partial charge in [-0.15, -0.1) is 0 Å². The van der Waals surface area contributed by atoms with E-state index in [1.165, 1.54) is 62.3 Å². The van der Waals surface area contributed by atoms with Crippen LogP contribution >= 0.6 is 0 Å². The molecule has 0 unspecified atom stereocenters. The van der Waals surface area contributed by atoms with E-state index in [0.29, 0.717) is 17.7 Å². The number of ether oxygens (including phenoxy) is 1. The van der Waals surface area contributed by atoms with Gasteiger partial charge in [0.25, 0.3) is 0 Å². The molecule has 1 saturated heterocycles. The predicted molar refractivity (Wildman–Crippen MR) is 127 cm³/mol. The summed E-state index contributed by atoms with van der Waals surface area (Å²) in [5, 5.41) is 0. The molecule has 5 heteroatoms. The van der Waals surface area contributed by atoms with Crippen LogP contribution in [0.5, 0.6) is 11.5 Å². The van der Waals surface area contributed by atoms with E-state index in [1.54, 1.807) is 12.1 Å². The van der Waals surface area contributed by atoms with Gasteiger partial charge in [0.05, 0.1) is 5.69 Å². The van der Waals surface area contributed by atoms with Gasteiger partial charge in [-0.3, -0.25) is 0 Å².